The first-order valence-corrected chi connectivity index (χ1v) is 9.35. The van der Waals surface area contributed by atoms with E-state index < -0.39 is 11.6 Å². The molecular formula is C22H26O6. The third-order valence-electron chi connectivity index (χ3n) is 5.10. The maximum atomic E-state index is 12.0. The molecule has 0 heterocycles. The van der Waals surface area contributed by atoms with Gasteiger partial charge in [0.25, 0.3) is 0 Å². The van der Waals surface area contributed by atoms with E-state index in [1.165, 1.54) is 0 Å². The second-order valence-electron chi connectivity index (χ2n) is 6.95. The van der Waals surface area contributed by atoms with Gasteiger partial charge in [-0.25, -0.2) is 4.79 Å². The van der Waals surface area contributed by atoms with E-state index in [-0.39, 0.29) is 6.10 Å². The fraction of sp³-hybridized carbons (Fsp3) is 0.409. The fourth-order valence-corrected chi connectivity index (χ4v) is 3.44. The number of carbonyl (C=O) groups is 1. The Morgan fingerprint density at radius 2 is 1.57 bits per heavy atom. The van der Waals surface area contributed by atoms with Crippen LogP contribution in [0.3, 0.4) is 0 Å². The van der Waals surface area contributed by atoms with Crippen molar-refractivity contribution in [1.29, 1.82) is 0 Å². The van der Waals surface area contributed by atoms with Crippen molar-refractivity contribution >= 4 is 5.97 Å². The summed E-state index contributed by atoms with van der Waals surface area (Å²) < 4.78 is 22.4. The van der Waals surface area contributed by atoms with Gasteiger partial charge in [0.15, 0.2) is 0 Å². The number of carboxylic acids is 1. The van der Waals surface area contributed by atoms with Gasteiger partial charge in [0, 0.05) is 31.0 Å². The predicted molar refractivity (Wildman–Crippen MR) is 104 cm³/mol. The smallest absolute Gasteiger partial charge is 0.348 e. The highest BCUT2D eigenvalue weighted by molar-refractivity contribution is 5.78. The monoisotopic (exact) mass is 386 g/mol. The van der Waals surface area contributed by atoms with Gasteiger partial charge in [0.2, 0.25) is 5.60 Å². The van der Waals surface area contributed by atoms with Crippen LogP contribution in [0.2, 0.25) is 0 Å². The second-order valence-corrected chi connectivity index (χ2v) is 6.95. The molecule has 0 unspecified atom stereocenters. The summed E-state index contributed by atoms with van der Waals surface area (Å²) in [4.78, 5) is 12.0. The Morgan fingerprint density at radius 3 is 2.11 bits per heavy atom. The molecule has 0 aliphatic heterocycles. The van der Waals surface area contributed by atoms with Gasteiger partial charge >= 0.3 is 5.97 Å². The lowest BCUT2D eigenvalue weighted by molar-refractivity contribution is -0.161. The zero-order chi connectivity index (χ0) is 20.0. The summed E-state index contributed by atoms with van der Waals surface area (Å²) in [5.74, 6) is 0.558. The number of hydrogen-bond donors (Lipinski definition) is 1. The Morgan fingerprint density at radius 1 is 1.00 bits per heavy atom. The summed E-state index contributed by atoms with van der Waals surface area (Å²) in [6, 6.07) is 15.0. The third kappa shape index (κ3) is 4.75. The number of benzene rings is 2. The molecule has 2 aromatic rings. The average molecular weight is 386 g/mol. The number of methoxy groups -OCH3 is 2. The summed E-state index contributed by atoms with van der Waals surface area (Å²) in [5.41, 5.74) is -0.165. The number of carboxylic acid groups (broad SMARTS) is 1. The molecule has 0 aromatic heterocycles. The summed E-state index contributed by atoms with van der Waals surface area (Å²) in [6.45, 7) is 0.527. The van der Waals surface area contributed by atoms with Crippen LogP contribution in [0.4, 0.5) is 0 Å². The second kappa shape index (κ2) is 8.97. The van der Waals surface area contributed by atoms with E-state index in [9.17, 15) is 9.90 Å². The molecule has 6 heteroatoms. The van der Waals surface area contributed by atoms with Crippen molar-refractivity contribution in [3.8, 4) is 17.2 Å². The lowest BCUT2D eigenvalue weighted by Gasteiger charge is -2.37. The van der Waals surface area contributed by atoms with Crippen LogP contribution in [-0.4, -0.2) is 37.0 Å². The average Bonchev–Trinajstić information content (AvgIpc) is 2.73. The standard InChI is InChI=1S/C22H26O6/c1-25-18-12-19(26-2)14-20(13-18)28-22(21(23)24)10-8-17(9-11-22)27-15-16-6-4-3-5-7-16/h3-7,12-14,17H,8-11,15H2,1-2H3,(H,23,24). The molecule has 0 radical (unpaired) electrons. The quantitative estimate of drug-likeness (QED) is 0.737. The topological polar surface area (TPSA) is 74.2 Å². The Kier molecular flexibility index (Phi) is 6.41. The Hall–Kier alpha value is -2.73. The van der Waals surface area contributed by atoms with Crippen molar-refractivity contribution in [3.63, 3.8) is 0 Å². The molecule has 150 valence electrons. The van der Waals surface area contributed by atoms with Gasteiger partial charge in [-0.3, -0.25) is 0 Å². The van der Waals surface area contributed by atoms with Crippen LogP contribution in [0.15, 0.2) is 48.5 Å². The molecule has 1 saturated carbocycles. The van der Waals surface area contributed by atoms with Gasteiger partial charge in [0.1, 0.15) is 17.2 Å². The Bertz CT molecular complexity index is 759. The fourth-order valence-electron chi connectivity index (χ4n) is 3.44. The molecule has 1 aliphatic rings. The maximum Gasteiger partial charge on any atom is 0.348 e. The van der Waals surface area contributed by atoms with Gasteiger partial charge in [-0.1, -0.05) is 30.3 Å². The van der Waals surface area contributed by atoms with E-state index in [0.29, 0.717) is 49.5 Å². The van der Waals surface area contributed by atoms with E-state index in [4.69, 9.17) is 18.9 Å². The molecule has 0 amide bonds. The van der Waals surface area contributed by atoms with Crippen molar-refractivity contribution in [2.45, 2.75) is 44.0 Å². The molecule has 1 N–H and O–H groups in total. The minimum atomic E-state index is -1.27. The van der Waals surface area contributed by atoms with E-state index >= 15 is 0 Å². The summed E-state index contributed by atoms with van der Waals surface area (Å²) in [7, 11) is 3.08. The van der Waals surface area contributed by atoms with Crippen LogP contribution >= 0.6 is 0 Å². The molecule has 3 rings (SSSR count). The molecule has 6 nitrogen and oxygen atoms in total. The Balaban J connectivity index is 1.65. The van der Waals surface area contributed by atoms with Crippen molar-refractivity contribution in [2.75, 3.05) is 14.2 Å². The van der Waals surface area contributed by atoms with E-state index in [2.05, 4.69) is 0 Å². The summed E-state index contributed by atoms with van der Waals surface area (Å²) >= 11 is 0. The largest absolute Gasteiger partial charge is 0.496 e. The summed E-state index contributed by atoms with van der Waals surface area (Å²) in [6.07, 6.45) is 2.03. The molecule has 28 heavy (non-hydrogen) atoms. The number of aliphatic carboxylic acids is 1. The van der Waals surface area contributed by atoms with Crippen molar-refractivity contribution < 1.29 is 28.8 Å². The van der Waals surface area contributed by atoms with Crippen LogP contribution in [-0.2, 0) is 16.1 Å². The first kappa shape index (κ1) is 20.0. The molecule has 0 saturated heterocycles. The molecule has 0 bridgehead atoms. The van der Waals surface area contributed by atoms with E-state index in [0.717, 1.165) is 5.56 Å². The van der Waals surface area contributed by atoms with Gasteiger partial charge < -0.3 is 24.1 Å². The molecular weight excluding hydrogens is 360 g/mol. The van der Waals surface area contributed by atoms with Crippen molar-refractivity contribution in [3.05, 3.63) is 54.1 Å². The molecule has 0 spiro atoms. The number of ether oxygens (including phenoxy) is 4. The van der Waals surface area contributed by atoms with Gasteiger partial charge in [-0.05, 0) is 18.4 Å². The van der Waals surface area contributed by atoms with Crippen LogP contribution in [0.1, 0.15) is 31.2 Å². The maximum absolute atomic E-state index is 12.0. The number of rotatable bonds is 8. The molecule has 0 atom stereocenters. The minimum absolute atomic E-state index is 0.0242. The van der Waals surface area contributed by atoms with Crippen LogP contribution < -0.4 is 14.2 Å². The van der Waals surface area contributed by atoms with Crippen molar-refractivity contribution in [1.82, 2.24) is 0 Å². The minimum Gasteiger partial charge on any atom is -0.496 e. The van der Waals surface area contributed by atoms with Gasteiger partial charge in [-0.15, -0.1) is 0 Å². The SMILES string of the molecule is COc1cc(OC)cc(OC2(C(=O)O)CCC(OCc3ccccc3)CC2)c1. The van der Waals surface area contributed by atoms with E-state index in [1.54, 1.807) is 32.4 Å². The normalized spacial score (nSPS) is 21.7. The Labute approximate surface area is 165 Å². The highest BCUT2D eigenvalue weighted by Gasteiger charge is 2.45. The molecule has 1 fully saturated rings. The zero-order valence-corrected chi connectivity index (χ0v) is 16.2. The van der Waals surface area contributed by atoms with Gasteiger partial charge in [0.05, 0.1) is 26.9 Å². The van der Waals surface area contributed by atoms with E-state index in [1.807, 2.05) is 30.3 Å². The van der Waals surface area contributed by atoms with Gasteiger partial charge in [-0.2, -0.15) is 0 Å². The first-order valence-electron chi connectivity index (χ1n) is 9.35. The predicted octanol–water partition coefficient (Wildman–Crippen LogP) is 4.07. The van der Waals surface area contributed by atoms with Crippen LogP contribution in [0.5, 0.6) is 17.2 Å². The lowest BCUT2D eigenvalue weighted by atomic mass is 9.83. The number of hydrogen-bond acceptors (Lipinski definition) is 5. The highest BCUT2D eigenvalue weighted by Crippen LogP contribution is 2.37. The first-order chi connectivity index (χ1) is 13.5. The molecule has 2 aromatic carbocycles. The molecule has 1 aliphatic carbocycles. The zero-order valence-electron chi connectivity index (χ0n) is 16.2. The third-order valence-corrected chi connectivity index (χ3v) is 5.10. The van der Waals surface area contributed by atoms with Crippen molar-refractivity contribution in [2.24, 2.45) is 0 Å². The van der Waals surface area contributed by atoms with Crippen LogP contribution in [0, 0.1) is 0 Å². The lowest BCUT2D eigenvalue weighted by Crippen LogP contribution is -2.48. The summed E-state index contributed by atoms with van der Waals surface area (Å²) in [5, 5.41) is 9.87. The highest BCUT2D eigenvalue weighted by atomic mass is 16.5. The van der Waals surface area contributed by atoms with Crippen LogP contribution in [0.25, 0.3) is 0 Å².